The van der Waals surface area contributed by atoms with Gasteiger partial charge in [-0.05, 0) is 60.7 Å². The molecule has 0 unspecified atom stereocenters. The summed E-state index contributed by atoms with van der Waals surface area (Å²) >= 11 is 0. The molecule has 30 heavy (non-hydrogen) atoms. The van der Waals surface area contributed by atoms with Gasteiger partial charge in [-0.2, -0.15) is 0 Å². The van der Waals surface area contributed by atoms with Crippen LogP contribution in [0.5, 0.6) is 5.75 Å². The minimum atomic E-state index is -3.72. The first kappa shape index (κ1) is 20.9. The molecule has 0 aromatic heterocycles. The lowest BCUT2D eigenvalue weighted by Gasteiger charge is -2.10. The summed E-state index contributed by atoms with van der Waals surface area (Å²) < 4.78 is 32.1. The number of anilines is 1. The second-order valence-electron chi connectivity index (χ2n) is 6.13. The van der Waals surface area contributed by atoms with Crippen LogP contribution in [-0.4, -0.2) is 27.3 Å². The quantitative estimate of drug-likeness (QED) is 0.525. The molecule has 0 fully saturated rings. The lowest BCUT2D eigenvalue weighted by Crippen LogP contribution is -2.41. The Balaban J connectivity index is 1.59. The maximum absolute atomic E-state index is 12.3. The zero-order valence-electron chi connectivity index (χ0n) is 16.0. The average molecular weight is 425 g/mol. The van der Waals surface area contributed by atoms with Crippen molar-refractivity contribution < 1.29 is 22.7 Å². The highest BCUT2D eigenvalue weighted by Gasteiger charge is 2.14. The number of carbonyl (C=O) groups is 2. The van der Waals surface area contributed by atoms with E-state index < -0.39 is 21.8 Å². The van der Waals surface area contributed by atoms with Gasteiger partial charge in [-0.1, -0.05) is 18.2 Å². The smallest absolute Gasteiger partial charge is 0.269 e. The molecule has 3 rings (SSSR count). The van der Waals surface area contributed by atoms with Gasteiger partial charge in [0.25, 0.3) is 21.8 Å². The van der Waals surface area contributed by atoms with E-state index >= 15 is 0 Å². The fourth-order valence-electron chi connectivity index (χ4n) is 2.50. The number of ether oxygens (including phenoxy) is 1. The highest BCUT2D eigenvalue weighted by Crippen LogP contribution is 2.16. The summed E-state index contributed by atoms with van der Waals surface area (Å²) in [5.41, 5.74) is 5.52. The van der Waals surface area contributed by atoms with Gasteiger partial charge in [0.15, 0.2) is 0 Å². The number of hydrazine groups is 1. The van der Waals surface area contributed by atoms with Gasteiger partial charge < -0.3 is 4.74 Å². The summed E-state index contributed by atoms with van der Waals surface area (Å²) in [5, 5.41) is 0. The van der Waals surface area contributed by atoms with Gasteiger partial charge >= 0.3 is 0 Å². The zero-order valence-corrected chi connectivity index (χ0v) is 16.8. The van der Waals surface area contributed by atoms with Gasteiger partial charge in [-0.15, -0.1) is 0 Å². The second kappa shape index (κ2) is 9.10. The van der Waals surface area contributed by atoms with Crippen molar-refractivity contribution in [1.82, 2.24) is 10.9 Å². The number of benzene rings is 3. The summed E-state index contributed by atoms with van der Waals surface area (Å²) in [6.07, 6.45) is 0. The Labute approximate surface area is 173 Å². The summed E-state index contributed by atoms with van der Waals surface area (Å²) in [6, 6.07) is 20.1. The fourth-order valence-corrected chi connectivity index (χ4v) is 3.58. The van der Waals surface area contributed by atoms with Gasteiger partial charge in [0.2, 0.25) is 0 Å². The Morgan fingerprint density at radius 2 is 1.23 bits per heavy atom. The normalized spacial score (nSPS) is 10.7. The monoisotopic (exact) mass is 425 g/mol. The first-order chi connectivity index (χ1) is 14.4. The molecule has 3 aromatic rings. The van der Waals surface area contributed by atoms with Gasteiger partial charge in [0, 0.05) is 16.8 Å². The third-order valence-electron chi connectivity index (χ3n) is 4.09. The first-order valence-electron chi connectivity index (χ1n) is 8.82. The third kappa shape index (κ3) is 5.15. The molecule has 0 saturated heterocycles. The fraction of sp³-hybridized carbons (Fsp3) is 0.0476. The molecule has 154 valence electrons. The molecule has 0 aliphatic carbocycles. The third-order valence-corrected chi connectivity index (χ3v) is 5.49. The predicted octanol–water partition coefficient (Wildman–Crippen LogP) is 2.57. The molecule has 0 aliphatic rings. The number of amides is 2. The lowest BCUT2D eigenvalue weighted by atomic mass is 10.2. The number of hydrogen-bond donors (Lipinski definition) is 3. The molecule has 9 heteroatoms. The molecule has 3 aromatic carbocycles. The molecule has 0 atom stereocenters. The van der Waals surface area contributed by atoms with Crippen LogP contribution in [0.25, 0.3) is 0 Å². The van der Waals surface area contributed by atoms with Crippen molar-refractivity contribution >= 4 is 27.5 Å². The van der Waals surface area contributed by atoms with Crippen molar-refractivity contribution in [2.75, 3.05) is 11.8 Å². The zero-order chi connectivity index (χ0) is 21.6. The first-order valence-corrected chi connectivity index (χ1v) is 10.3. The molecule has 0 bridgehead atoms. The van der Waals surface area contributed by atoms with Gasteiger partial charge in [-0.3, -0.25) is 25.2 Å². The Morgan fingerprint density at radius 1 is 0.733 bits per heavy atom. The minimum absolute atomic E-state index is 0.132. The minimum Gasteiger partial charge on any atom is -0.497 e. The number of methoxy groups -OCH3 is 1. The van der Waals surface area contributed by atoms with Crippen LogP contribution in [0, 0.1) is 0 Å². The van der Waals surface area contributed by atoms with E-state index in [1.807, 2.05) is 0 Å². The molecular weight excluding hydrogens is 406 g/mol. The summed E-state index contributed by atoms with van der Waals surface area (Å²) in [7, 11) is -2.20. The summed E-state index contributed by atoms with van der Waals surface area (Å²) in [6.45, 7) is 0. The Morgan fingerprint density at radius 3 is 1.73 bits per heavy atom. The molecular formula is C21H19N3O5S. The van der Waals surface area contributed by atoms with E-state index in [1.54, 1.807) is 42.5 Å². The highest BCUT2D eigenvalue weighted by atomic mass is 32.2. The van der Waals surface area contributed by atoms with E-state index in [1.165, 1.54) is 43.5 Å². The van der Waals surface area contributed by atoms with E-state index in [0.717, 1.165) is 0 Å². The SMILES string of the molecule is COc1ccc(C(=O)NNC(=O)c2ccc(NS(=O)(=O)c3ccccc3)cc2)cc1. The van der Waals surface area contributed by atoms with Crippen LogP contribution < -0.4 is 20.3 Å². The van der Waals surface area contributed by atoms with E-state index in [-0.39, 0.29) is 10.5 Å². The molecule has 2 amide bonds. The maximum atomic E-state index is 12.3. The molecule has 0 aliphatic heterocycles. The molecule has 0 heterocycles. The highest BCUT2D eigenvalue weighted by molar-refractivity contribution is 7.92. The number of rotatable bonds is 6. The van der Waals surface area contributed by atoms with Crippen molar-refractivity contribution in [3.63, 3.8) is 0 Å². The number of carbonyl (C=O) groups excluding carboxylic acids is 2. The van der Waals surface area contributed by atoms with Crippen LogP contribution in [0.2, 0.25) is 0 Å². The van der Waals surface area contributed by atoms with Crippen molar-refractivity contribution in [3.05, 3.63) is 90.0 Å². The number of sulfonamides is 1. The standard InChI is InChI=1S/C21H19N3O5S/c1-29-18-13-9-16(10-14-18)21(26)23-22-20(25)15-7-11-17(12-8-15)24-30(27,28)19-5-3-2-4-6-19/h2-14,24H,1H3,(H,22,25)(H,23,26). The number of hydrogen-bond acceptors (Lipinski definition) is 5. The molecule has 0 radical (unpaired) electrons. The Hall–Kier alpha value is -3.85. The van der Waals surface area contributed by atoms with Crippen molar-refractivity contribution in [2.45, 2.75) is 4.90 Å². The molecule has 0 saturated carbocycles. The Kier molecular flexibility index (Phi) is 6.33. The summed E-state index contributed by atoms with van der Waals surface area (Å²) in [5.74, 6) is -0.425. The van der Waals surface area contributed by atoms with Crippen molar-refractivity contribution in [2.24, 2.45) is 0 Å². The van der Waals surface area contributed by atoms with Gasteiger partial charge in [-0.25, -0.2) is 8.42 Å². The van der Waals surface area contributed by atoms with Gasteiger partial charge in [0.05, 0.1) is 12.0 Å². The maximum Gasteiger partial charge on any atom is 0.269 e. The predicted molar refractivity (Wildman–Crippen MR) is 112 cm³/mol. The van der Waals surface area contributed by atoms with E-state index in [4.69, 9.17) is 4.74 Å². The Bertz CT molecular complexity index is 1130. The van der Waals surface area contributed by atoms with Crippen LogP contribution in [0.1, 0.15) is 20.7 Å². The molecule has 8 nitrogen and oxygen atoms in total. The largest absolute Gasteiger partial charge is 0.497 e. The van der Waals surface area contributed by atoms with Crippen molar-refractivity contribution in [1.29, 1.82) is 0 Å². The summed E-state index contributed by atoms with van der Waals surface area (Å²) in [4.78, 5) is 24.4. The average Bonchev–Trinajstić information content (AvgIpc) is 2.78. The second-order valence-corrected chi connectivity index (χ2v) is 7.82. The lowest BCUT2D eigenvalue weighted by molar-refractivity contribution is 0.0846. The van der Waals surface area contributed by atoms with Crippen molar-refractivity contribution in [3.8, 4) is 5.75 Å². The van der Waals surface area contributed by atoms with Crippen LogP contribution in [0.3, 0.4) is 0 Å². The van der Waals surface area contributed by atoms with E-state index in [2.05, 4.69) is 15.6 Å². The van der Waals surface area contributed by atoms with E-state index in [9.17, 15) is 18.0 Å². The van der Waals surface area contributed by atoms with Crippen LogP contribution in [-0.2, 0) is 10.0 Å². The van der Waals surface area contributed by atoms with Crippen LogP contribution >= 0.6 is 0 Å². The topological polar surface area (TPSA) is 114 Å². The van der Waals surface area contributed by atoms with Crippen LogP contribution in [0.15, 0.2) is 83.8 Å². The van der Waals surface area contributed by atoms with Crippen LogP contribution in [0.4, 0.5) is 5.69 Å². The number of nitrogens with one attached hydrogen (secondary N) is 3. The molecule has 0 spiro atoms. The molecule has 3 N–H and O–H groups in total. The van der Waals surface area contributed by atoms with E-state index in [0.29, 0.717) is 17.0 Å². The van der Waals surface area contributed by atoms with Gasteiger partial charge in [0.1, 0.15) is 5.75 Å².